The van der Waals surface area contributed by atoms with E-state index in [9.17, 15) is 18.3 Å². The zero-order chi connectivity index (χ0) is 18.0. The van der Waals surface area contributed by atoms with E-state index in [0.29, 0.717) is 31.9 Å². The van der Waals surface area contributed by atoms with Gasteiger partial charge in [-0.2, -0.15) is 13.2 Å². The fourth-order valence-corrected chi connectivity index (χ4v) is 2.87. The Morgan fingerprint density at radius 1 is 1.20 bits per heavy atom. The monoisotopic (exact) mass is 382 g/mol. The third-order valence-corrected chi connectivity index (χ3v) is 3.80. The first kappa shape index (κ1) is 21.9. The van der Waals surface area contributed by atoms with Crippen LogP contribution in [0.2, 0.25) is 0 Å². The predicted octanol–water partition coefficient (Wildman–Crippen LogP) is 3.89. The van der Waals surface area contributed by atoms with Gasteiger partial charge in [-0.3, -0.25) is 4.90 Å². The number of nitrogens with zero attached hydrogens (tertiary/aromatic N) is 1. The van der Waals surface area contributed by atoms with Gasteiger partial charge in [0.1, 0.15) is 17.1 Å². The Morgan fingerprint density at radius 2 is 1.80 bits per heavy atom. The van der Waals surface area contributed by atoms with Crippen LogP contribution in [0.15, 0.2) is 18.2 Å². The van der Waals surface area contributed by atoms with Crippen LogP contribution in [-0.4, -0.2) is 48.0 Å². The van der Waals surface area contributed by atoms with E-state index in [4.69, 9.17) is 4.74 Å². The third kappa shape index (κ3) is 6.92. The van der Waals surface area contributed by atoms with Crippen molar-refractivity contribution in [1.29, 1.82) is 0 Å². The first-order valence-electron chi connectivity index (χ1n) is 8.09. The molecule has 1 aliphatic rings. The molecule has 0 saturated carbocycles. The number of hydrogen-bond donors (Lipinski definition) is 2. The quantitative estimate of drug-likeness (QED) is 0.829. The second-order valence-electron chi connectivity index (χ2n) is 7.06. The zero-order valence-electron chi connectivity index (χ0n) is 14.7. The van der Waals surface area contributed by atoms with Gasteiger partial charge in [-0.1, -0.05) is 0 Å². The maximum Gasteiger partial charge on any atom is 0.390 e. The maximum atomic E-state index is 13.1. The Morgan fingerprint density at radius 3 is 2.32 bits per heavy atom. The van der Waals surface area contributed by atoms with Crippen molar-refractivity contribution in [2.75, 3.05) is 26.2 Å². The van der Waals surface area contributed by atoms with Crippen molar-refractivity contribution in [3.63, 3.8) is 0 Å². The van der Waals surface area contributed by atoms with Crippen molar-refractivity contribution in [2.24, 2.45) is 0 Å². The van der Waals surface area contributed by atoms with Gasteiger partial charge in [-0.15, -0.1) is 12.4 Å². The van der Waals surface area contributed by atoms with E-state index < -0.39 is 24.2 Å². The van der Waals surface area contributed by atoms with Gasteiger partial charge in [0, 0.05) is 37.8 Å². The summed E-state index contributed by atoms with van der Waals surface area (Å²) in [5, 5.41) is 13.3. The number of hydrogen-bond acceptors (Lipinski definition) is 4. The molecule has 1 atom stereocenters. The smallest absolute Gasteiger partial charge is 0.390 e. The van der Waals surface area contributed by atoms with Crippen LogP contribution in [0, 0.1) is 0 Å². The molecule has 1 saturated heterocycles. The summed E-state index contributed by atoms with van der Waals surface area (Å²) in [6.45, 7) is 7.87. The van der Waals surface area contributed by atoms with E-state index in [2.05, 4.69) is 5.32 Å². The SMILES string of the molecule is CC(C)(C)Oc1ccc(O)c([C@H](CC(F)(F)F)N2CCNCC2)c1.Cl. The molecule has 1 aromatic carbocycles. The minimum Gasteiger partial charge on any atom is -0.508 e. The molecule has 0 bridgehead atoms. The molecule has 1 fully saturated rings. The second-order valence-corrected chi connectivity index (χ2v) is 7.06. The van der Waals surface area contributed by atoms with Crippen molar-refractivity contribution in [1.82, 2.24) is 10.2 Å². The second kappa shape index (κ2) is 8.47. The molecular weight excluding hydrogens is 357 g/mol. The molecular formula is C17H26ClF3N2O2. The summed E-state index contributed by atoms with van der Waals surface area (Å²) in [6.07, 6.45) is -5.32. The number of rotatable bonds is 4. The van der Waals surface area contributed by atoms with Crippen molar-refractivity contribution < 1.29 is 23.0 Å². The maximum absolute atomic E-state index is 13.1. The summed E-state index contributed by atoms with van der Waals surface area (Å²) in [6, 6.07) is 3.59. The zero-order valence-corrected chi connectivity index (χ0v) is 15.5. The summed E-state index contributed by atoms with van der Waals surface area (Å²) >= 11 is 0. The highest BCUT2D eigenvalue weighted by Crippen LogP contribution is 2.39. The molecule has 4 nitrogen and oxygen atoms in total. The lowest BCUT2D eigenvalue weighted by Crippen LogP contribution is -2.46. The highest BCUT2D eigenvalue weighted by molar-refractivity contribution is 5.85. The van der Waals surface area contributed by atoms with E-state index in [0.717, 1.165) is 0 Å². The number of piperazine rings is 1. The summed E-state index contributed by atoms with van der Waals surface area (Å²) in [7, 11) is 0. The van der Waals surface area contributed by atoms with Crippen molar-refractivity contribution in [3.05, 3.63) is 23.8 Å². The van der Waals surface area contributed by atoms with Crippen LogP contribution < -0.4 is 10.1 Å². The Bertz CT molecular complexity index is 556. The molecule has 0 aromatic heterocycles. The average Bonchev–Trinajstić information content (AvgIpc) is 2.45. The molecule has 1 heterocycles. The molecule has 0 spiro atoms. The Hall–Kier alpha value is -1.18. The molecule has 0 radical (unpaired) electrons. The first-order valence-corrected chi connectivity index (χ1v) is 8.09. The fourth-order valence-electron chi connectivity index (χ4n) is 2.87. The highest BCUT2D eigenvalue weighted by Gasteiger charge is 2.37. The Kier molecular flexibility index (Phi) is 7.40. The van der Waals surface area contributed by atoms with Crippen LogP contribution in [-0.2, 0) is 0 Å². The normalized spacial score (nSPS) is 17.7. The standard InChI is InChI=1S/C17H25F3N2O2.ClH/c1-16(2,3)24-12-4-5-15(23)13(10-12)14(11-17(18,19)20)22-8-6-21-7-9-22;/h4-5,10,14,21,23H,6-9,11H2,1-3H3;1H/t14-;/m0./s1. The molecule has 2 N–H and O–H groups in total. The molecule has 2 rings (SSSR count). The van der Waals surface area contributed by atoms with Crippen molar-refractivity contribution in [2.45, 2.75) is 45.0 Å². The van der Waals surface area contributed by atoms with Crippen LogP contribution in [0.5, 0.6) is 11.5 Å². The van der Waals surface area contributed by atoms with Gasteiger partial charge in [-0.25, -0.2) is 0 Å². The Labute approximate surface area is 152 Å². The van der Waals surface area contributed by atoms with Gasteiger partial charge in [0.15, 0.2) is 0 Å². The van der Waals surface area contributed by atoms with Gasteiger partial charge < -0.3 is 15.2 Å². The minimum atomic E-state index is -4.32. The van der Waals surface area contributed by atoms with E-state index in [1.807, 2.05) is 20.8 Å². The lowest BCUT2D eigenvalue weighted by Gasteiger charge is -2.36. The number of alkyl halides is 3. The minimum absolute atomic E-state index is 0. The molecule has 25 heavy (non-hydrogen) atoms. The summed E-state index contributed by atoms with van der Waals surface area (Å²) < 4.78 is 45.0. The topological polar surface area (TPSA) is 44.7 Å². The van der Waals surface area contributed by atoms with E-state index in [1.165, 1.54) is 12.1 Å². The third-order valence-electron chi connectivity index (χ3n) is 3.80. The van der Waals surface area contributed by atoms with E-state index in [-0.39, 0.29) is 23.7 Å². The molecule has 0 aliphatic carbocycles. The van der Waals surface area contributed by atoms with Gasteiger partial charge >= 0.3 is 6.18 Å². The van der Waals surface area contributed by atoms with Gasteiger partial charge in [0.2, 0.25) is 0 Å². The van der Waals surface area contributed by atoms with Crippen LogP contribution in [0.3, 0.4) is 0 Å². The lowest BCUT2D eigenvalue weighted by atomic mass is 9.99. The van der Waals surface area contributed by atoms with Crippen molar-refractivity contribution in [3.8, 4) is 11.5 Å². The number of aromatic hydroxyl groups is 1. The van der Waals surface area contributed by atoms with E-state index >= 15 is 0 Å². The number of ether oxygens (including phenoxy) is 1. The van der Waals surface area contributed by atoms with Crippen LogP contribution in [0.1, 0.15) is 38.8 Å². The molecule has 144 valence electrons. The van der Waals surface area contributed by atoms with Crippen LogP contribution in [0.25, 0.3) is 0 Å². The highest BCUT2D eigenvalue weighted by atomic mass is 35.5. The number of nitrogens with one attached hydrogen (secondary N) is 1. The summed E-state index contributed by atoms with van der Waals surface area (Å²) in [5.41, 5.74) is -0.209. The average molecular weight is 383 g/mol. The van der Waals surface area contributed by atoms with E-state index in [1.54, 1.807) is 11.0 Å². The van der Waals surface area contributed by atoms with Gasteiger partial charge in [-0.05, 0) is 39.0 Å². The van der Waals surface area contributed by atoms with Crippen LogP contribution >= 0.6 is 12.4 Å². The molecule has 0 unspecified atom stereocenters. The molecule has 1 aromatic rings. The van der Waals surface area contributed by atoms with Gasteiger partial charge in [0.05, 0.1) is 6.42 Å². The molecule has 1 aliphatic heterocycles. The number of halogens is 4. The van der Waals surface area contributed by atoms with Gasteiger partial charge in [0.25, 0.3) is 0 Å². The fraction of sp³-hybridized carbons (Fsp3) is 0.647. The van der Waals surface area contributed by atoms with Crippen LogP contribution in [0.4, 0.5) is 13.2 Å². The number of benzene rings is 1. The van der Waals surface area contributed by atoms with Crippen molar-refractivity contribution >= 4 is 12.4 Å². The number of phenolic OH excluding ortho intramolecular Hbond substituents is 1. The Balaban J connectivity index is 0.00000312. The lowest BCUT2D eigenvalue weighted by molar-refractivity contribution is -0.148. The summed E-state index contributed by atoms with van der Waals surface area (Å²) in [5.74, 6) is 0.321. The first-order chi connectivity index (χ1) is 11.1. The predicted molar refractivity (Wildman–Crippen MR) is 93.6 cm³/mol. The number of phenols is 1. The molecule has 8 heteroatoms. The molecule has 0 amide bonds. The largest absolute Gasteiger partial charge is 0.508 e. The summed E-state index contributed by atoms with van der Waals surface area (Å²) in [4.78, 5) is 1.76.